The average molecular weight is 373 g/mol. The standard InChI is InChI=1S/C20H25ClN4O/c1-25(2)14-7-5-13(6-8-14)23-18-15(20(26)12-3-4-12)11-22-16-9-10-17(21)24-19(16)18/h9-14H,3-8H2,1-2H3,(H,22,23). The van der Waals surface area contributed by atoms with Crippen molar-refractivity contribution in [3.8, 4) is 0 Å². The number of hydrogen-bond acceptors (Lipinski definition) is 5. The maximum Gasteiger partial charge on any atom is 0.169 e. The molecular weight excluding hydrogens is 348 g/mol. The number of rotatable bonds is 5. The third-order valence-corrected chi connectivity index (χ3v) is 5.88. The van der Waals surface area contributed by atoms with Crippen molar-refractivity contribution in [2.45, 2.75) is 50.6 Å². The molecule has 0 radical (unpaired) electrons. The van der Waals surface area contributed by atoms with E-state index >= 15 is 0 Å². The van der Waals surface area contributed by atoms with Crippen LogP contribution in [0.15, 0.2) is 18.3 Å². The summed E-state index contributed by atoms with van der Waals surface area (Å²) >= 11 is 6.14. The van der Waals surface area contributed by atoms with Gasteiger partial charge in [-0.15, -0.1) is 0 Å². The molecule has 4 rings (SSSR count). The monoisotopic (exact) mass is 372 g/mol. The Hall–Kier alpha value is -1.72. The highest BCUT2D eigenvalue weighted by molar-refractivity contribution is 6.30. The summed E-state index contributed by atoms with van der Waals surface area (Å²) in [5, 5.41) is 4.07. The van der Waals surface area contributed by atoms with Crippen molar-refractivity contribution in [3.63, 3.8) is 0 Å². The van der Waals surface area contributed by atoms with Gasteiger partial charge in [-0.05, 0) is 64.8 Å². The number of fused-ring (bicyclic) bond motifs is 1. The molecule has 2 aliphatic carbocycles. The van der Waals surface area contributed by atoms with Gasteiger partial charge in [-0.25, -0.2) is 4.98 Å². The molecule has 0 amide bonds. The fourth-order valence-corrected chi connectivity index (χ4v) is 4.03. The number of aromatic nitrogens is 2. The predicted molar refractivity (Wildman–Crippen MR) is 105 cm³/mol. The maximum absolute atomic E-state index is 12.8. The number of nitrogens with one attached hydrogen (secondary N) is 1. The quantitative estimate of drug-likeness (QED) is 0.630. The Morgan fingerprint density at radius 1 is 1.15 bits per heavy atom. The Morgan fingerprint density at radius 2 is 1.88 bits per heavy atom. The van der Waals surface area contributed by atoms with Gasteiger partial charge in [0.25, 0.3) is 0 Å². The molecule has 5 nitrogen and oxygen atoms in total. The fourth-order valence-electron chi connectivity index (χ4n) is 3.88. The van der Waals surface area contributed by atoms with Crippen LogP contribution in [0, 0.1) is 5.92 Å². The predicted octanol–water partition coefficient (Wildman–Crippen LogP) is 4.16. The third kappa shape index (κ3) is 3.55. The van der Waals surface area contributed by atoms with E-state index < -0.39 is 0 Å². The van der Waals surface area contributed by atoms with Crippen LogP contribution in [0.3, 0.4) is 0 Å². The summed E-state index contributed by atoms with van der Waals surface area (Å²) < 4.78 is 0. The van der Waals surface area contributed by atoms with Crippen molar-refractivity contribution >= 4 is 34.1 Å². The van der Waals surface area contributed by atoms with Gasteiger partial charge in [-0.1, -0.05) is 11.6 Å². The first kappa shape index (κ1) is 17.7. The molecule has 0 aromatic carbocycles. The number of ketones is 1. The highest BCUT2D eigenvalue weighted by Gasteiger charge is 2.33. The van der Waals surface area contributed by atoms with Crippen LogP contribution in [0.25, 0.3) is 11.0 Å². The van der Waals surface area contributed by atoms with Gasteiger partial charge < -0.3 is 10.2 Å². The minimum Gasteiger partial charge on any atom is -0.380 e. The van der Waals surface area contributed by atoms with E-state index in [2.05, 4.69) is 34.3 Å². The van der Waals surface area contributed by atoms with Crippen LogP contribution in [-0.4, -0.2) is 46.8 Å². The van der Waals surface area contributed by atoms with Crippen molar-refractivity contribution in [2.24, 2.45) is 5.92 Å². The minimum atomic E-state index is 0.151. The topological polar surface area (TPSA) is 58.1 Å². The first-order valence-corrected chi connectivity index (χ1v) is 9.83. The van der Waals surface area contributed by atoms with Crippen LogP contribution in [0.5, 0.6) is 0 Å². The Morgan fingerprint density at radius 3 is 2.54 bits per heavy atom. The largest absolute Gasteiger partial charge is 0.380 e. The second-order valence-corrected chi connectivity index (χ2v) is 8.19. The molecule has 6 heteroatoms. The van der Waals surface area contributed by atoms with Gasteiger partial charge >= 0.3 is 0 Å². The minimum absolute atomic E-state index is 0.151. The van der Waals surface area contributed by atoms with Crippen molar-refractivity contribution in [2.75, 3.05) is 19.4 Å². The van der Waals surface area contributed by atoms with Gasteiger partial charge in [0.05, 0.1) is 16.8 Å². The summed E-state index contributed by atoms with van der Waals surface area (Å²) in [6, 6.07) is 4.60. The number of Topliss-reactive ketones (excluding diaryl/α,β-unsaturated/α-hetero) is 1. The van der Waals surface area contributed by atoms with Gasteiger partial charge in [0.15, 0.2) is 5.78 Å². The number of carbonyl (C=O) groups is 1. The van der Waals surface area contributed by atoms with Gasteiger partial charge in [0.2, 0.25) is 0 Å². The molecule has 0 spiro atoms. The SMILES string of the molecule is CN(C)C1CCC(Nc2c(C(=O)C3CC3)cnc3ccc(Cl)nc23)CC1. The molecule has 0 bridgehead atoms. The Kier molecular flexibility index (Phi) is 4.84. The van der Waals surface area contributed by atoms with E-state index in [0.717, 1.165) is 49.7 Å². The summed E-state index contributed by atoms with van der Waals surface area (Å²) in [5.41, 5.74) is 2.97. The van der Waals surface area contributed by atoms with E-state index in [4.69, 9.17) is 11.6 Å². The Balaban J connectivity index is 1.66. The number of nitrogens with zero attached hydrogens (tertiary/aromatic N) is 3. The Bertz CT molecular complexity index is 826. The van der Waals surface area contributed by atoms with Gasteiger partial charge in [-0.3, -0.25) is 9.78 Å². The van der Waals surface area contributed by atoms with E-state index in [0.29, 0.717) is 28.3 Å². The zero-order valence-electron chi connectivity index (χ0n) is 15.3. The second-order valence-electron chi connectivity index (χ2n) is 7.80. The van der Waals surface area contributed by atoms with E-state index in [1.54, 1.807) is 12.3 Å². The molecule has 2 fully saturated rings. The number of hydrogen-bond donors (Lipinski definition) is 1. The van der Waals surface area contributed by atoms with Crippen LogP contribution in [-0.2, 0) is 0 Å². The maximum atomic E-state index is 12.8. The zero-order chi connectivity index (χ0) is 18.3. The van der Waals surface area contributed by atoms with Crippen LogP contribution < -0.4 is 5.32 Å². The van der Waals surface area contributed by atoms with E-state index in [9.17, 15) is 4.79 Å². The lowest BCUT2D eigenvalue weighted by Gasteiger charge is -2.33. The molecule has 2 aliphatic rings. The summed E-state index contributed by atoms with van der Waals surface area (Å²) in [5.74, 6) is 0.337. The highest BCUT2D eigenvalue weighted by Crippen LogP contribution is 2.37. The van der Waals surface area contributed by atoms with Gasteiger partial charge in [-0.2, -0.15) is 0 Å². The van der Waals surface area contributed by atoms with E-state index in [1.165, 1.54) is 0 Å². The summed E-state index contributed by atoms with van der Waals surface area (Å²) in [7, 11) is 4.29. The van der Waals surface area contributed by atoms with E-state index in [-0.39, 0.29) is 11.7 Å². The van der Waals surface area contributed by atoms with Crippen molar-refractivity contribution in [1.82, 2.24) is 14.9 Å². The second kappa shape index (κ2) is 7.12. The highest BCUT2D eigenvalue weighted by atomic mass is 35.5. The Labute approximate surface area is 159 Å². The lowest BCUT2D eigenvalue weighted by atomic mass is 9.90. The van der Waals surface area contributed by atoms with Crippen LogP contribution in [0.2, 0.25) is 5.15 Å². The summed E-state index contributed by atoms with van der Waals surface area (Å²) in [4.78, 5) is 24.0. The zero-order valence-corrected chi connectivity index (χ0v) is 16.1. The summed E-state index contributed by atoms with van der Waals surface area (Å²) in [6.07, 6.45) is 8.17. The van der Waals surface area contributed by atoms with Crippen molar-refractivity contribution < 1.29 is 4.79 Å². The number of halogens is 1. The molecule has 0 atom stereocenters. The van der Waals surface area contributed by atoms with Crippen LogP contribution in [0.4, 0.5) is 5.69 Å². The van der Waals surface area contributed by atoms with Gasteiger partial charge in [0, 0.05) is 24.2 Å². The molecule has 1 N–H and O–H groups in total. The molecule has 2 aromatic heterocycles. The molecule has 2 heterocycles. The van der Waals surface area contributed by atoms with Crippen molar-refractivity contribution in [3.05, 3.63) is 29.0 Å². The molecular formula is C20H25ClN4O. The smallest absolute Gasteiger partial charge is 0.169 e. The van der Waals surface area contributed by atoms with Gasteiger partial charge in [0.1, 0.15) is 10.7 Å². The molecule has 2 aromatic rings. The number of pyridine rings is 2. The first-order valence-electron chi connectivity index (χ1n) is 9.45. The molecule has 0 saturated heterocycles. The van der Waals surface area contributed by atoms with Crippen LogP contribution in [0.1, 0.15) is 48.9 Å². The third-order valence-electron chi connectivity index (χ3n) is 5.67. The normalized spacial score (nSPS) is 23.4. The molecule has 2 saturated carbocycles. The van der Waals surface area contributed by atoms with Crippen molar-refractivity contribution in [1.29, 1.82) is 0 Å². The molecule has 0 unspecified atom stereocenters. The summed E-state index contributed by atoms with van der Waals surface area (Å²) in [6.45, 7) is 0. The van der Waals surface area contributed by atoms with Crippen LogP contribution >= 0.6 is 11.6 Å². The molecule has 26 heavy (non-hydrogen) atoms. The first-order chi connectivity index (χ1) is 12.5. The van der Waals surface area contributed by atoms with E-state index in [1.807, 2.05) is 6.07 Å². The molecule has 138 valence electrons. The average Bonchev–Trinajstić information content (AvgIpc) is 3.47. The lowest BCUT2D eigenvalue weighted by Crippen LogP contribution is -2.36. The number of carbonyl (C=O) groups excluding carboxylic acids is 1. The number of anilines is 1. The lowest BCUT2D eigenvalue weighted by molar-refractivity contribution is 0.0968. The molecule has 0 aliphatic heterocycles. The fraction of sp³-hybridized carbons (Fsp3) is 0.550.